The second-order valence-electron chi connectivity index (χ2n) is 4.26. The predicted octanol–water partition coefficient (Wildman–Crippen LogP) is 3.24. The molecule has 16 heavy (non-hydrogen) atoms. The zero-order valence-corrected chi connectivity index (χ0v) is 10.7. The summed E-state index contributed by atoms with van der Waals surface area (Å²) in [6.45, 7) is 8.35. The molecule has 0 fully saturated rings. The van der Waals surface area contributed by atoms with Gasteiger partial charge in [0.1, 0.15) is 10.5 Å². The summed E-state index contributed by atoms with van der Waals surface area (Å²) in [4.78, 5) is 16.3. The van der Waals surface area contributed by atoms with E-state index in [-0.39, 0.29) is 0 Å². The Morgan fingerprint density at radius 2 is 2.00 bits per heavy atom. The van der Waals surface area contributed by atoms with Crippen molar-refractivity contribution in [1.82, 2.24) is 9.36 Å². The fourth-order valence-corrected chi connectivity index (χ4v) is 3.12. The van der Waals surface area contributed by atoms with E-state index in [0.29, 0.717) is 11.6 Å². The molecule has 0 aliphatic carbocycles. The van der Waals surface area contributed by atoms with Crippen LogP contribution in [0.2, 0.25) is 0 Å². The molecular weight excluding hydrogens is 220 g/mol. The molecule has 0 unspecified atom stereocenters. The van der Waals surface area contributed by atoms with Crippen molar-refractivity contribution in [3.05, 3.63) is 22.5 Å². The number of hydrogen-bond donors (Lipinski definition) is 0. The minimum Gasteiger partial charge on any atom is -0.296 e. The maximum absolute atomic E-state index is 10.9. The molecule has 84 valence electrons. The second-order valence-corrected chi connectivity index (χ2v) is 5.01. The van der Waals surface area contributed by atoms with Crippen molar-refractivity contribution in [2.45, 2.75) is 33.6 Å². The number of hydrogen-bond acceptors (Lipinski definition) is 4. The van der Waals surface area contributed by atoms with Crippen LogP contribution < -0.4 is 0 Å². The molecule has 0 saturated carbocycles. The first-order chi connectivity index (χ1) is 7.56. The van der Waals surface area contributed by atoms with Gasteiger partial charge in [-0.1, -0.05) is 13.8 Å². The summed E-state index contributed by atoms with van der Waals surface area (Å²) in [5.74, 6) is 0.413. The first-order valence-electron chi connectivity index (χ1n) is 5.28. The predicted molar refractivity (Wildman–Crippen MR) is 66.4 cm³/mol. The van der Waals surface area contributed by atoms with Gasteiger partial charge >= 0.3 is 0 Å². The fourth-order valence-electron chi connectivity index (χ4n) is 2.27. The van der Waals surface area contributed by atoms with Gasteiger partial charge < -0.3 is 0 Å². The third-order valence-electron chi connectivity index (χ3n) is 2.83. The normalized spacial score (nSPS) is 11.3. The molecule has 0 N–H and O–H groups in total. The molecule has 4 heteroatoms. The van der Waals surface area contributed by atoms with Gasteiger partial charge in [0.05, 0.1) is 0 Å². The van der Waals surface area contributed by atoms with Crippen molar-refractivity contribution < 1.29 is 4.79 Å². The number of rotatable bonds is 2. The van der Waals surface area contributed by atoms with Gasteiger partial charge in [-0.3, -0.25) is 4.79 Å². The van der Waals surface area contributed by atoms with E-state index < -0.39 is 0 Å². The Balaban J connectivity index is 2.88. The molecule has 0 aromatic carbocycles. The van der Waals surface area contributed by atoms with Crippen molar-refractivity contribution in [2.75, 3.05) is 0 Å². The molecule has 2 rings (SSSR count). The fraction of sp³-hybridized carbons (Fsp3) is 0.417. The van der Waals surface area contributed by atoms with Crippen LogP contribution in [-0.4, -0.2) is 15.6 Å². The van der Waals surface area contributed by atoms with E-state index >= 15 is 0 Å². The van der Waals surface area contributed by atoms with Gasteiger partial charge in [-0.05, 0) is 42.4 Å². The highest BCUT2D eigenvalue weighted by Crippen LogP contribution is 2.31. The van der Waals surface area contributed by atoms with Crippen LogP contribution in [0.25, 0.3) is 10.2 Å². The van der Waals surface area contributed by atoms with Crippen molar-refractivity contribution in [1.29, 1.82) is 0 Å². The van der Waals surface area contributed by atoms with Gasteiger partial charge in [0.2, 0.25) is 0 Å². The highest BCUT2D eigenvalue weighted by Gasteiger charge is 2.16. The Bertz CT molecular complexity index is 558. The van der Waals surface area contributed by atoms with E-state index in [9.17, 15) is 4.79 Å². The van der Waals surface area contributed by atoms with Gasteiger partial charge in [-0.2, -0.15) is 4.37 Å². The number of aldehydes is 1. The number of nitrogens with zero attached hydrogens (tertiary/aromatic N) is 2. The van der Waals surface area contributed by atoms with Gasteiger partial charge in [0.15, 0.2) is 6.29 Å². The molecule has 2 heterocycles. The van der Waals surface area contributed by atoms with E-state index in [1.807, 2.05) is 13.8 Å². The zero-order valence-electron chi connectivity index (χ0n) is 9.87. The lowest BCUT2D eigenvalue weighted by Crippen LogP contribution is -2.00. The quantitative estimate of drug-likeness (QED) is 0.749. The van der Waals surface area contributed by atoms with Crippen LogP contribution in [-0.2, 0) is 0 Å². The summed E-state index contributed by atoms with van der Waals surface area (Å²) >= 11 is 1.29. The summed E-state index contributed by atoms with van der Waals surface area (Å²) in [5, 5.41) is 0.925. The van der Waals surface area contributed by atoms with Crippen LogP contribution in [0.15, 0.2) is 0 Å². The monoisotopic (exact) mass is 234 g/mol. The van der Waals surface area contributed by atoms with Crippen molar-refractivity contribution in [3.63, 3.8) is 0 Å². The van der Waals surface area contributed by atoms with Crippen LogP contribution in [0.4, 0.5) is 0 Å². The Morgan fingerprint density at radius 3 is 2.56 bits per heavy atom. The second kappa shape index (κ2) is 3.94. The molecule has 0 bridgehead atoms. The van der Waals surface area contributed by atoms with Crippen LogP contribution in [0.3, 0.4) is 0 Å². The largest absolute Gasteiger partial charge is 0.296 e. The third kappa shape index (κ3) is 1.53. The van der Waals surface area contributed by atoms with E-state index in [0.717, 1.165) is 27.8 Å². The van der Waals surface area contributed by atoms with Crippen molar-refractivity contribution >= 4 is 28.0 Å². The molecule has 0 atom stereocenters. The Labute approximate surface area is 98.7 Å². The van der Waals surface area contributed by atoms with E-state index in [1.54, 1.807) is 0 Å². The highest BCUT2D eigenvalue weighted by molar-refractivity contribution is 7.13. The Hall–Kier alpha value is -1.29. The number of carbonyl (C=O) groups is 1. The number of aromatic nitrogens is 2. The van der Waals surface area contributed by atoms with Crippen LogP contribution in [0.5, 0.6) is 0 Å². The van der Waals surface area contributed by atoms with Crippen LogP contribution in [0.1, 0.15) is 47.1 Å². The average molecular weight is 234 g/mol. The number of pyridine rings is 1. The first-order valence-corrected chi connectivity index (χ1v) is 6.05. The summed E-state index contributed by atoms with van der Waals surface area (Å²) in [6, 6.07) is 0. The van der Waals surface area contributed by atoms with E-state index in [2.05, 4.69) is 23.2 Å². The minimum absolute atomic E-state index is 0.413. The first kappa shape index (κ1) is 11.2. The lowest BCUT2D eigenvalue weighted by molar-refractivity contribution is 0.112. The number of aryl methyl sites for hydroxylation is 2. The van der Waals surface area contributed by atoms with Crippen molar-refractivity contribution in [2.24, 2.45) is 0 Å². The van der Waals surface area contributed by atoms with Gasteiger partial charge in [0.25, 0.3) is 0 Å². The minimum atomic E-state index is 0.413. The van der Waals surface area contributed by atoms with Gasteiger partial charge in [-0.25, -0.2) is 4.98 Å². The SMILES string of the molecule is Cc1nc2snc(C=O)c2c(C)c1C(C)C. The molecule has 0 radical (unpaired) electrons. The molecule has 0 aliphatic rings. The highest BCUT2D eigenvalue weighted by atomic mass is 32.1. The molecule has 0 aliphatic heterocycles. The Morgan fingerprint density at radius 1 is 1.31 bits per heavy atom. The van der Waals surface area contributed by atoms with Crippen LogP contribution in [0, 0.1) is 13.8 Å². The lowest BCUT2D eigenvalue weighted by atomic mass is 9.95. The smallest absolute Gasteiger partial charge is 0.170 e. The van der Waals surface area contributed by atoms with E-state index in [4.69, 9.17) is 0 Å². The third-order valence-corrected chi connectivity index (χ3v) is 3.58. The number of fused-ring (bicyclic) bond motifs is 1. The summed E-state index contributed by atoms with van der Waals surface area (Å²) in [7, 11) is 0. The molecular formula is C12H14N2OS. The van der Waals surface area contributed by atoms with E-state index in [1.165, 1.54) is 17.1 Å². The lowest BCUT2D eigenvalue weighted by Gasteiger charge is -2.13. The Kier molecular flexibility index (Phi) is 2.76. The zero-order chi connectivity index (χ0) is 11.9. The molecule has 2 aromatic heterocycles. The maximum atomic E-state index is 10.9. The van der Waals surface area contributed by atoms with Gasteiger partial charge in [0, 0.05) is 11.1 Å². The summed E-state index contributed by atoms with van der Waals surface area (Å²) in [5.41, 5.74) is 3.94. The van der Waals surface area contributed by atoms with Crippen LogP contribution >= 0.6 is 11.5 Å². The number of carbonyl (C=O) groups excluding carboxylic acids is 1. The maximum Gasteiger partial charge on any atom is 0.170 e. The molecule has 0 saturated heterocycles. The van der Waals surface area contributed by atoms with Crippen molar-refractivity contribution in [3.8, 4) is 0 Å². The van der Waals surface area contributed by atoms with Gasteiger partial charge in [-0.15, -0.1) is 0 Å². The standard InChI is InChI=1S/C12H14N2OS/c1-6(2)10-7(3)11-9(5-15)14-16-12(11)13-8(10)4/h5-6H,1-4H3. The average Bonchev–Trinajstić information content (AvgIpc) is 2.59. The topological polar surface area (TPSA) is 42.9 Å². The molecule has 0 spiro atoms. The molecule has 0 amide bonds. The summed E-state index contributed by atoms with van der Waals surface area (Å²) in [6.07, 6.45) is 0.812. The molecule has 2 aromatic rings. The summed E-state index contributed by atoms with van der Waals surface area (Å²) < 4.78 is 4.13. The molecule has 3 nitrogen and oxygen atoms in total.